The summed E-state index contributed by atoms with van der Waals surface area (Å²) < 4.78 is 0. The molecule has 0 nitrogen and oxygen atoms in total. The zero-order valence-corrected chi connectivity index (χ0v) is 4.09. The molecule has 24 valence electrons. The van der Waals surface area contributed by atoms with E-state index in [1.807, 2.05) is 0 Å². The van der Waals surface area contributed by atoms with Crippen molar-refractivity contribution in [2.75, 3.05) is 5.33 Å². The first-order valence-corrected chi connectivity index (χ1v) is 2.39. The predicted octanol–water partition coefficient (Wildman–Crippen LogP) is 1.61. The molecular formula is C3H6Br+. The molecule has 0 aromatic carbocycles. The van der Waals surface area contributed by atoms with E-state index in [-0.39, 0.29) is 0 Å². The average Bonchev–Trinajstić information content (AvgIpc) is 1.37. The van der Waals surface area contributed by atoms with Crippen molar-refractivity contribution in [3.8, 4) is 0 Å². The normalized spacial score (nSPS) is 7.25. The molecule has 0 bridgehead atoms. The quantitative estimate of drug-likeness (QED) is 0.366. The number of hydrogen-bond acceptors (Lipinski definition) is 0. The number of alkyl halides is 1. The average molecular weight is 122 g/mol. The fourth-order valence-corrected chi connectivity index (χ4v) is 0. The summed E-state index contributed by atoms with van der Waals surface area (Å²) in [6.07, 6.45) is 0.986. The van der Waals surface area contributed by atoms with Gasteiger partial charge in [-0.05, 0) is 0 Å². The van der Waals surface area contributed by atoms with E-state index in [0.29, 0.717) is 0 Å². The molecule has 0 aromatic heterocycles. The van der Waals surface area contributed by atoms with Crippen molar-refractivity contribution in [3.63, 3.8) is 0 Å². The third kappa shape index (κ3) is 2.35. The highest BCUT2D eigenvalue weighted by Crippen LogP contribution is 1.79. The van der Waals surface area contributed by atoms with Crippen LogP contribution in [-0.4, -0.2) is 5.33 Å². The van der Waals surface area contributed by atoms with E-state index in [9.17, 15) is 0 Å². The Morgan fingerprint density at radius 1 is 1.75 bits per heavy atom. The van der Waals surface area contributed by atoms with E-state index in [2.05, 4.69) is 22.9 Å². The Labute approximate surface area is 35.3 Å². The lowest BCUT2D eigenvalue weighted by Crippen LogP contribution is -1.55. The van der Waals surface area contributed by atoms with Crippen LogP contribution in [0.15, 0.2) is 0 Å². The molecule has 0 saturated carbocycles. The molecule has 0 aliphatic rings. The zero-order valence-electron chi connectivity index (χ0n) is 2.50. The van der Waals surface area contributed by atoms with Crippen molar-refractivity contribution in [1.82, 2.24) is 0 Å². The largest absolute Gasteiger partial charge is 0.0947 e. The number of halogens is 1. The van der Waals surface area contributed by atoms with Crippen LogP contribution < -0.4 is 0 Å². The van der Waals surface area contributed by atoms with Gasteiger partial charge in [0, 0.05) is 5.33 Å². The van der Waals surface area contributed by atoms with Crippen molar-refractivity contribution in [2.45, 2.75) is 6.42 Å². The third-order valence-corrected chi connectivity index (χ3v) is 0.694. The van der Waals surface area contributed by atoms with Crippen LogP contribution in [0, 0.1) is 6.92 Å². The summed E-state index contributed by atoms with van der Waals surface area (Å²) in [6, 6.07) is 0. The number of hydrogen-bond donors (Lipinski definition) is 0. The van der Waals surface area contributed by atoms with Gasteiger partial charge in [0.1, 0.15) is 0 Å². The highest BCUT2D eigenvalue weighted by Gasteiger charge is 1.67. The van der Waals surface area contributed by atoms with E-state index in [1.165, 1.54) is 0 Å². The first-order valence-electron chi connectivity index (χ1n) is 1.27. The van der Waals surface area contributed by atoms with E-state index in [4.69, 9.17) is 0 Å². The summed E-state index contributed by atoms with van der Waals surface area (Å²) >= 11 is 3.19. The Morgan fingerprint density at radius 2 is 2.00 bits per heavy atom. The summed E-state index contributed by atoms with van der Waals surface area (Å²) in [5, 5.41) is 1.02. The lowest BCUT2D eigenvalue weighted by molar-refractivity contribution is 1.26. The van der Waals surface area contributed by atoms with Crippen LogP contribution in [0.25, 0.3) is 0 Å². The maximum atomic E-state index is 3.56. The molecule has 0 radical (unpaired) electrons. The van der Waals surface area contributed by atoms with Gasteiger partial charge >= 0.3 is 0 Å². The Bertz CT molecular complexity index is 5.25. The molecule has 0 heterocycles. The Kier molecular flexibility index (Phi) is 3.64. The Balaban J connectivity index is 1.97. The summed E-state index contributed by atoms with van der Waals surface area (Å²) in [5.41, 5.74) is 0. The van der Waals surface area contributed by atoms with Crippen molar-refractivity contribution >= 4 is 15.9 Å². The molecule has 0 aliphatic heterocycles. The van der Waals surface area contributed by atoms with Gasteiger partial charge in [-0.1, -0.05) is 15.9 Å². The topological polar surface area (TPSA) is 0 Å². The first-order chi connectivity index (χ1) is 1.91. The van der Waals surface area contributed by atoms with Crippen molar-refractivity contribution < 1.29 is 0 Å². The van der Waals surface area contributed by atoms with Gasteiger partial charge in [-0.15, -0.1) is 0 Å². The van der Waals surface area contributed by atoms with Gasteiger partial charge in [0.25, 0.3) is 0 Å². The molecule has 0 rings (SSSR count). The van der Waals surface area contributed by atoms with Crippen molar-refractivity contribution in [3.05, 3.63) is 6.92 Å². The van der Waals surface area contributed by atoms with Gasteiger partial charge in [0.05, 0.1) is 13.3 Å². The fourth-order valence-electron chi connectivity index (χ4n) is 0. The van der Waals surface area contributed by atoms with Gasteiger partial charge < -0.3 is 0 Å². The molecule has 0 saturated heterocycles. The van der Waals surface area contributed by atoms with Crippen LogP contribution in [0.5, 0.6) is 0 Å². The Hall–Kier alpha value is 0.350. The smallest absolute Gasteiger partial charge is 0.0882 e. The Morgan fingerprint density at radius 3 is 2.00 bits per heavy atom. The van der Waals surface area contributed by atoms with E-state index >= 15 is 0 Å². The van der Waals surface area contributed by atoms with Crippen molar-refractivity contribution in [1.29, 1.82) is 0 Å². The summed E-state index contributed by atoms with van der Waals surface area (Å²) in [4.78, 5) is 0. The standard InChI is InChI=1S/C3H6Br/c1-2-3-4/h1-3H2/q+1. The molecule has 0 fully saturated rings. The van der Waals surface area contributed by atoms with Crippen LogP contribution in [-0.2, 0) is 0 Å². The molecular weight excluding hydrogens is 116 g/mol. The molecule has 0 spiro atoms. The van der Waals surface area contributed by atoms with E-state index in [1.54, 1.807) is 0 Å². The highest BCUT2D eigenvalue weighted by molar-refractivity contribution is 9.09. The summed E-state index contributed by atoms with van der Waals surface area (Å²) in [7, 11) is 0. The second kappa shape index (κ2) is 3.35. The molecule has 1 heteroatoms. The minimum atomic E-state index is 0.986. The molecule has 0 atom stereocenters. The van der Waals surface area contributed by atoms with Gasteiger partial charge in [-0.3, -0.25) is 0 Å². The molecule has 0 amide bonds. The maximum absolute atomic E-state index is 3.56. The lowest BCUT2D eigenvalue weighted by atomic mass is 10.6. The maximum Gasteiger partial charge on any atom is 0.0947 e. The van der Waals surface area contributed by atoms with Crippen molar-refractivity contribution in [2.24, 2.45) is 0 Å². The SMILES string of the molecule is [CH2+]CCBr. The monoisotopic (exact) mass is 121 g/mol. The van der Waals surface area contributed by atoms with E-state index < -0.39 is 0 Å². The van der Waals surface area contributed by atoms with Crippen LogP contribution in [0.4, 0.5) is 0 Å². The summed E-state index contributed by atoms with van der Waals surface area (Å²) in [5.74, 6) is 0. The molecule has 4 heavy (non-hydrogen) atoms. The minimum Gasteiger partial charge on any atom is -0.0882 e. The second-order valence-corrected chi connectivity index (χ2v) is 1.34. The zero-order chi connectivity index (χ0) is 3.41. The van der Waals surface area contributed by atoms with Gasteiger partial charge in [-0.2, -0.15) is 0 Å². The molecule has 0 aromatic rings. The third-order valence-electron chi connectivity index (χ3n) is 0.134. The summed E-state index contributed by atoms with van der Waals surface area (Å²) in [6.45, 7) is 3.56. The van der Waals surface area contributed by atoms with Crippen LogP contribution >= 0.6 is 15.9 Å². The van der Waals surface area contributed by atoms with Crippen LogP contribution in [0.2, 0.25) is 0 Å². The number of rotatable bonds is 1. The lowest BCUT2D eigenvalue weighted by Gasteiger charge is -1.57. The molecule has 0 unspecified atom stereocenters. The minimum absolute atomic E-state index is 0.986. The fraction of sp³-hybridized carbons (Fsp3) is 0.667. The predicted molar refractivity (Wildman–Crippen MR) is 23.8 cm³/mol. The van der Waals surface area contributed by atoms with Gasteiger partial charge in [-0.25, -0.2) is 0 Å². The highest BCUT2D eigenvalue weighted by atomic mass is 79.9. The van der Waals surface area contributed by atoms with Crippen LogP contribution in [0.1, 0.15) is 6.42 Å². The molecule has 0 N–H and O–H groups in total. The van der Waals surface area contributed by atoms with Gasteiger partial charge in [0.2, 0.25) is 0 Å². The first kappa shape index (κ1) is 4.35. The van der Waals surface area contributed by atoms with E-state index in [0.717, 1.165) is 11.8 Å². The molecule has 0 aliphatic carbocycles. The second-order valence-electron chi connectivity index (χ2n) is 0.543. The van der Waals surface area contributed by atoms with Crippen LogP contribution in [0.3, 0.4) is 0 Å². The van der Waals surface area contributed by atoms with Gasteiger partial charge in [0.15, 0.2) is 0 Å².